The zero-order chi connectivity index (χ0) is 13.9. The van der Waals surface area contributed by atoms with E-state index in [1.807, 2.05) is 42.2 Å². The molecule has 0 bridgehead atoms. The predicted octanol–water partition coefficient (Wildman–Crippen LogP) is 2.69. The Bertz CT molecular complexity index is 619. The fourth-order valence-corrected chi connectivity index (χ4v) is 2.49. The van der Waals surface area contributed by atoms with Crippen LogP contribution in [-0.4, -0.2) is 33.9 Å². The number of amides is 1. The molecule has 4 heteroatoms. The third-order valence-corrected chi connectivity index (χ3v) is 3.64. The van der Waals surface area contributed by atoms with Gasteiger partial charge in [0.1, 0.15) is 0 Å². The number of hydrogen-bond donors (Lipinski definition) is 0. The predicted molar refractivity (Wildman–Crippen MR) is 77.3 cm³/mol. The molecule has 1 fully saturated rings. The standard InChI is InChI=1S/C16H17N3O/c1-12-14(16(20)19-9-5-6-10-19)11-17-15(18-12)13-7-3-2-4-8-13/h2-4,7-8,11H,5-6,9-10H2,1H3. The highest BCUT2D eigenvalue weighted by Crippen LogP contribution is 2.18. The van der Waals surface area contributed by atoms with Crippen molar-refractivity contribution in [1.29, 1.82) is 0 Å². The van der Waals surface area contributed by atoms with Gasteiger partial charge in [0.15, 0.2) is 5.82 Å². The van der Waals surface area contributed by atoms with Gasteiger partial charge in [-0.15, -0.1) is 0 Å². The SMILES string of the molecule is Cc1nc(-c2ccccc2)ncc1C(=O)N1CCCC1. The topological polar surface area (TPSA) is 46.1 Å². The molecule has 1 aliphatic heterocycles. The Morgan fingerprint density at radius 3 is 2.50 bits per heavy atom. The molecule has 102 valence electrons. The molecule has 0 radical (unpaired) electrons. The van der Waals surface area contributed by atoms with Gasteiger partial charge in [0.2, 0.25) is 0 Å². The number of rotatable bonds is 2. The quantitative estimate of drug-likeness (QED) is 0.840. The van der Waals surface area contributed by atoms with Gasteiger partial charge in [-0.05, 0) is 19.8 Å². The van der Waals surface area contributed by atoms with Crippen molar-refractivity contribution in [3.63, 3.8) is 0 Å². The lowest BCUT2D eigenvalue weighted by Crippen LogP contribution is -2.28. The van der Waals surface area contributed by atoms with Crippen LogP contribution < -0.4 is 0 Å². The molecule has 1 amide bonds. The Morgan fingerprint density at radius 2 is 1.85 bits per heavy atom. The minimum absolute atomic E-state index is 0.0552. The van der Waals surface area contributed by atoms with Crippen LogP contribution in [0.15, 0.2) is 36.5 Å². The Kier molecular flexibility index (Phi) is 3.46. The number of hydrogen-bond acceptors (Lipinski definition) is 3. The zero-order valence-corrected chi connectivity index (χ0v) is 11.5. The molecule has 1 aliphatic rings. The lowest BCUT2D eigenvalue weighted by molar-refractivity contribution is 0.0791. The van der Waals surface area contributed by atoms with Crippen LogP contribution in [0.1, 0.15) is 28.9 Å². The molecular weight excluding hydrogens is 250 g/mol. The first-order valence-electron chi connectivity index (χ1n) is 6.94. The van der Waals surface area contributed by atoms with E-state index in [0.717, 1.165) is 37.2 Å². The van der Waals surface area contributed by atoms with Crippen molar-refractivity contribution >= 4 is 5.91 Å². The van der Waals surface area contributed by atoms with Crippen LogP contribution >= 0.6 is 0 Å². The van der Waals surface area contributed by atoms with Gasteiger partial charge in [-0.1, -0.05) is 30.3 Å². The summed E-state index contributed by atoms with van der Waals surface area (Å²) in [5.74, 6) is 0.723. The van der Waals surface area contributed by atoms with E-state index >= 15 is 0 Å². The monoisotopic (exact) mass is 267 g/mol. The summed E-state index contributed by atoms with van der Waals surface area (Å²) in [6.07, 6.45) is 3.84. The highest BCUT2D eigenvalue weighted by molar-refractivity contribution is 5.95. The van der Waals surface area contributed by atoms with E-state index in [2.05, 4.69) is 9.97 Å². The Labute approximate surface area is 118 Å². The van der Waals surface area contributed by atoms with Crippen LogP contribution in [0, 0.1) is 6.92 Å². The van der Waals surface area contributed by atoms with Crippen LogP contribution in [0.4, 0.5) is 0 Å². The first kappa shape index (κ1) is 12.8. The van der Waals surface area contributed by atoms with Crippen molar-refractivity contribution in [2.24, 2.45) is 0 Å². The van der Waals surface area contributed by atoms with Crippen molar-refractivity contribution in [1.82, 2.24) is 14.9 Å². The number of aromatic nitrogens is 2. The molecule has 0 N–H and O–H groups in total. The normalized spacial score (nSPS) is 14.6. The first-order chi connectivity index (χ1) is 9.75. The van der Waals surface area contributed by atoms with Gasteiger partial charge in [-0.3, -0.25) is 4.79 Å². The second-order valence-corrected chi connectivity index (χ2v) is 5.06. The molecule has 1 aromatic heterocycles. The fourth-order valence-electron chi connectivity index (χ4n) is 2.49. The maximum absolute atomic E-state index is 12.4. The third kappa shape index (κ3) is 2.41. The summed E-state index contributed by atoms with van der Waals surface area (Å²) < 4.78 is 0. The van der Waals surface area contributed by atoms with Crippen molar-refractivity contribution in [2.75, 3.05) is 13.1 Å². The summed E-state index contributed by atoms with van der Waals surface area (Å²) in [6.45, 7) is 3.56. The van der Waals surface area contributed by atoms with Crippen LogP contribution in [0.25, 0.3) is 11.4 Å². The average Bonchev–Trinajstić information content (AvgIpc) is 3.01. The lowest BCUT2D eigenvalue weighted by Gasteiger charge is -2.16. The fraction of sp³-hybridized carbons (Fsp3) is 0.312. The third-order valence-electron chi connectivity index (χ3n) is 3.64. The van der Waals surface area contributed by atoms with Crippen LogP contribution in [0.5, 0.6) is 0 Å². The minimum atomic E-state index is 0.0552. The number of carbonyl (C=O) groups is 1. The largest absolute Gasteiger partial charge is 0.339 e. The Balaban J connectivity index is 1.90. The zero-order valence-electron chi connectivity index (χ0n) is 11.5. The minimum Gasteiger partial charge on any atom is -0.339 e. The van der Waals surface area contributed by atoms with Crippen LogP contribution in [-0.2, 0) is 0 Å². The number of likely N-dealkylation sites (tertiary alicyclic amines) is 1. The van der Waals surface area contributed by atoms with Gasteiger partial charge in [0.05, 0.1) is 11.3 Å². The molecule has 0 saturated carbocycles. The van der Waals surface area contributed by atoms with E-state index in [0.29, 0.717) is 11.4 Å². The molecule has 2 heterocycles. The number of carbonyl (C=O) groups excluding carboxylic acids is 1. The van der Waals surface area contributed by atoms with Crippen LogP contribution in [0.2, 0.25) is 0 Å². The van der Waals surface area contributed by atoms with E-state index in [1.54, 1.807) is 6.20 Å². The van der Waals surface area contributed by atoms with Gasteiger partial charge < -0.3 is 4.90 Å². The molecule has 0 spiro atoms. The van der Waals surface area contributed by atoms with Crippen LogP contribution in [0.3, 0.4) is 0 Å². The Hall–Kier alpha value is -2.23. The van der Waals surface area contributed by atoms with Gasteiger partial charge in [-0.2, -0.15) is 0 Å². The number of benzene rings is 1. The van der Waals surface area contributed by atoms with E-state index in [9.17, 15) is 4.79 Å². The first-order valence-corrected chi connectivity index (χ1v) is 6.94. The molecular formula is C16H17N3O. The van der Waals surface area contributed by atoms with Crippen molar-refractivity contribution < 1.29 is 4.79 Å². The molecule has 3 rings (SSSR count). The highest BCUT2D eigenvalue weighted by Gasteiger charge is 2.22. The number of aryl methyl sites for hydroxylation is 1. The van der Waals surface area contributed by atoms with Gasteiger partial charge >= 0.3 is 0 Å². The molecule has 0 atom stereocenters. The second kappa shape index (κ2) is 5.41. The smallest absolute Gasteiger partial charge is 0.257 e. The lowest BCUT2D eigenvalue weighted by atomic mass is 10.1. The Morgan fingerprint density at radius 1 is 1.15 bits per heavy atom. The summed E-state index contributed by atoms with van der Waals surface area (Å²) in [4.78, 5) is 23.1. The van der Waals surface area contributed by atoms with Crippen molar-refractivity contribution in [3.8, 4) is 11.4 Å². The maximum Gasteiger partial charge on any atom is 0.257 e. The molecule has 20 heavy (non-hydrogen) atoms. The van der Waals surface area contributed by atoms with Crippen molar-refractivity contribution in [3.05, 3.63) is 47.8 Å². The van der Waals surface area contributed by atoms with E-state index < -0.39 is 0 Å². The summed E-state index contributed by atoms with van der Waals surface area (Å²) >= 11 is 0. The van der Waals surface area contributed by atoms with E-state index in [1.165, 1.54) is 0 Å². The van der Waals surface area contributed by atoms with Gasteiger partial charge in [0.25, 0.3) is 5.91 Å². The second-order valence-electron chi connectivity index (χ2n) is 5.06. The molecule has 1 saturated heterocycles. The summed E-state index contributed by atoms with van der Waals surface area (Å²) in [6, 6.07) is 9.81. The van der Waals surface area contributed by atoms with Gasteiger partial charge in [0, 0.05) is 24.8 Å². The number of nitrogens with zero attached hydrogens (tertiary/aromatic N) is 3. The van der Waals surface area contributed by atoms with Gasteiger partial charge in [-0.25, -0.2) is 9.97 Å². The molecule has 1 aromatic carbocycles. The molecule has 2 aromatic rings. The summed E-state index contributed by atoms with van der Waals surface area (Å²) in [5, 5.41) is 0. The average molecular weight is 267 g/mol. The molecule has 0 unspecified atom stereocenters. The van der Waals surface area contributed by atoms with E-state index in [4.69, 9.17) is 0 Å². The summed E-state index contributed by atoms with van der Waals surface area (Å²) in [7, 11) is 0. The maximum atomic E-state index is 12.4. The van der Waals surface area contributed by atoms with E-state index in [-0.39, 0.29) is 5.91 Å². The molecule has 0 aliphatic carbocycles. The van der Waals surface area contributed by atoms with Crippen molar-refractivity contribution in [2.45, 2.75) is 19.8 Å². The highest BCUT2D eigenvalue weighted by atomic mass is 16.2. The summed E-state index contributed by atoms with van der Waals surface area (Å²) in [5.41, 5.74) is 2.33. The molecule has 4 nitrogen and oxygen atoms in total.